The summed E-state index contributed by atoms with van der Waals surface area (Å²) in [6.45, 7) is 7.18. The second-order valence-electron chi connectivity index (χ2n) is 7.05. The summed E-state index contributed by atoms with van der Waals surface area (Å²) in [5.74, 6) is 0.525. The van der Waals surface area contributed by atoms with Gasteiger partial charge in [-0.05, 0) is 56.2 Å². The van der Waals surface area contributed by atoms with E-state index in [0.29, 0.717) is 12.5 Å². The summed E-state index contributed by atoms with van der Waals surface area (Å²) < 4.78 is 0. The van der Waals surface area contributed by atoms with E-state index in [2.05, 4.69) is 10.6 Å². The van der Waals surface area contributed by atoms with E-state index in [1.54, 1.807) is 0 Å². The third-order valence-electron chi connectivity index (χ3n) is 5.34. The summed E-state index contributed by atoms with van der Waals surface area (Å²) in [5.41, 5.74) is 2.90. The van der Waals surface area contributed by atoms with Crippen LogP contribution in [0.15, 0.2) is 18.2 Å². The topological polar surface area (TPSA) is 61.4 Å². The first-order chi connectivity index (χ1) is 11.6. The van der Waals surface area contributed by atoms with Crippen molar-refractivity contribution in [2.24, 2.45) is 5.92 Å². The molecule has 0 spiro atoms. The number of hydrogen-bond donors (Lipinski definition) is 2. The Kier molecular flexibility index (Phi) is 5.19. The maximum absolute atomic E-state index is 12.4. The number of likely N-dealkylation sites (tertiary alicyclic amines) is 1. The average Bonchev–Trinajstić information content (AvgIpc) is 3.26. The molecule has 5 heteroatoms. The van der Waals surface area contributed by atoms with E-state index < -0.39 is 0 Å². The Hall–Kier alpha value is -1.88. The standard InChI is InChI=1S/C19H27N3O2/c1-13-6-5-7-16(14(13)2)18(23)21-12-15-10-17(20-11-15)19(24)22-8-3-4-9-22/h5-7,15,17,20H,3-4,8-12H2,1-2H3,(H,21,23)/t15?,17-/m0/s1. The van der Waals surface area contributed by atoms with Gasteiger partial charge in [-0.15, -0.1) is 0 Å². The van der Waals surface area contributed by atoms with E-state index in [0.717, 1.165) is 55.6 Å². The zero-order chi connectivity index (χ0) is 17.1. The van der Waals surface area contributed by atoms with Crippen molar-refractivity contribution in [1.82, 2.24) is 15.5 Å². The van der Waals surface area contributed by atoms with Crippen LogP contribution in [0.3, 0.4) is 0 Å². The molecule has 1 aromatic rings. The van der Waals surface area contributed by atoms with Crippen molar-refractivity contribution in [3.63, 3.8) is 0 Å². The van der Waals surface area contributed by atoms with E-state index in [1.165, 1.54) is 0 Å². The number of benzene rings is 1. The van der Waals surface area contributed by atoms with Gasteiger partial charge < -0.3 is 15.5 Å². The third kappa shape index (κ3) is 3.61. The number of nitrogens with one attached hydrogen (secondary N) is 2. The number of carbonyl (C=O) groups is 2. The fraction of sp³-hybridized carbons (Fsp3) is 0.579. The smallest absolute Gasteiger partial charge is 0.251 e. The molecule has 1 unspecified atom stereocenters. The van der Waals surface area contributed by atoms with E-state index in [4.69, 9.17) is 0 Å². The zero-order valence-electron chi connectivity index (χ0n) is 14.6. The molecule has 2 aliphatic rings. The molecule has 0 aromatic heterocycles. The second-order valence-corrected chi connectivity index (χ2v) is 7.05. The van der Waals surface area contributed by atoms with Crippen LogP contribution in [0, 0.1) is 19.8 Å². The van der Waals surface area contributed by atoms with Crippen LogP contribution >= 0.6 is 0 Å². The van der Waals surface area contributed by atoms with Crippen LogP contribution in [0.2, 0.25) is 0 Å². The van der Waals surface area contributed by atoms with Gasteiger partial charge in [0.1, 0.15) is 0 Å². The lowest BCUT2D eigenvalue weighted by Gasteiger charge is -2.20. The van der Waals surface area contributed by atoms with Crippen molar-refractivity contribution < 1.29 is 9.59 Å². The zero-order valence-corrected chi connectivity index (χ0v) is 14.6. The van der Waals surface area contributed by atoms with Gasteiger partial charge in [-0.2, -0.15) is 0 Å². The van der Waals surface area contributed by atoms with Gasteiger partial charge in [0.05, 0.1) is 6.04 Å². The summed E-state index contributed by atoms with van der Waals surface area (Å²) >= 11 is 0. The Morgan fingerprint density at radius 3 is 2.75 bits per heavy atom. The van der Waals surface area contributed by atoms with Gasteiger partial charge >= 0.3 is 0 Å². The van der Waals surface area contributed by atoms with Gasteiger partial charge in [0, 0.05) is 31.7 Å². The Morgan fingerprint density at radius 2 is 2.00 bits per heavy atom. The molecule has 24 heavy (non-hydrogen) atoms. The molecule has 5 nitrogen and oxygen atoms in total. The van der Waals surface area contributed by atoms with Crippen molar-refractivity contribution >= 4 is 11.8 Å². The van der Waals surface area contributed by atoms with Gasteiger partial charge in [-0.25, -0.2) is 0 Å². The Bertz CT molecular complexity index is 623. The molecule has 2 atom stereocenters. The predicted octanol–water partition coefficient (Wildman–Crippen LogP) is 1.63. The fourth-order valence-corrected chi connectivity index (χ4v) is 3.64. The highest BCUT2D eigenvalue weighted by atomic mass is 16.2. The van der Waals surface area contributed by atoms with Gasteiger partial charge in [0.25, 0.3) is 5.91 Å². The highest BCUT2D eigenvalue weighted by Gasteiger charge is 2.33. The van der Waals surface area contributed by atoms with Crippen molar-refractivity contribution in [3.05, 3.63) is 34.9 Å². The SMILES string of the molecule is Cc1cccc(C(=O)NCC2CN[C@H](C(=O)N3CCCC3)C2)c1C. The minimum Gasteiger partial charge on any atom is -0.352 e. The van der Waals surface area contributed by atoms with Crippen LogP contribution in [0.5, 0.6) is 0 Å². The normalized spacial score (nSPS) is 23.5. The third-order valence-corrected chi connectivity index (χ3v) is 5.34. The van der Waals surface area contributed by atoms with Gasteiger partial charge in [-0.1, -0.05) is 12.1 Å². The van der Waals surface area contributed by atoms with E-state index in [9.17, 15) is 9.59 Å². The van der Waals surface area contributed by atoms with Crippen LogP contribution in [0.1, 0.15) is 40.7 Å². The average molecular weight is 329 g/mol. The monoisotopic (exact) mass is 329 g/mol. The van der Waals surface area contributed by atoms with Crippen molar-refractivity contribution in [3.8, 4) is 0 Å². The first kappa shape index (κ1) is 17.0. The summed E-state index contributed by atoms with van der Waals surface area (Å²) in [6, 6.07) is 5.72. The lowest BCUT2D eigenvalue weighted by molar-refractivity contribution is -0.132. The molecular weight excluding hydrogens is 302 g/mol. The largest absolute Gasteiger partial charge is 0.352 e. The van der Waals surface area contributed by atoms with E-state index in [-0.39, 0.29) is 17.9 Å². The van der Waals surface area contributed by atoms with Crippen molar-refractivity contribution in [2.45, 2.75) is 39.2 Å². The molecule has 2 fully saturated rings. The summed E-state index contributed by atoms with van der Waals surface area (Å²) in [5, 5.41) is 6.36. The number of nitrogens with zero attached hydrogens (tertiary/aromatic N) is 1. The van der Waals surface area contributed by atoms with Crippen molar-refractivity contribution in [2.75, 3.05) is 26.2 Å². The predicted molar refractivity (Wildman–Crippen MR) is 94.0 cm³/mol. The molecular formula is C19H27N3O2. The minimum atomic E-state index is -0.0780. The molecule has 2 heterocycles. The summed E-state index contributed by atoms with van der Waals surface area (Å²) in [7, 11) is 0. The Morgan fingerprint density at radius 1 is 1.25 bits per heavy atom. The molecule has 2 amide bonds. The van der Waals surface area contributed by atoms with Gasteiger partial charge in [0.2, 0.25) is 5.91 Å². The molecule has 130 valence electrons. The fourth-order valence-electron chi connectivity index (χ4n) is 3.64. The molecule has 2 saturated heterocycles. The van der Waals surface area contributed by atoms with E-state index in [1.807, 2.05) is 36.9 Å². The van der Waals surface area contributed by atoms with Crippen molar-refractivity contribution in [1.29, 1.82) is 0 Å². The quantitative estimate of drug-likeness (QED) is 0.883. The minimum absolute atomic E-state index is 0.0227. The van der Waals surface area contributed by atoms with Crippen LogP contribution in [-0.4, -0.2) is 48.9 Å². The first-order valence-electron chi connectivity index (χ1n) is 8.93. The number of amides is 2. The van der Waals surface area contributed by atoms with Crippen LogP contribution < -0.4 is 10.6 Å². The molecule has 2 aliphatic heterocycles. The number of aryl methyl sites for hydroxylation is 1. The summed E-state index contributed by atoms with van der Waals surface area (Å²) in [4.78, 5) is 26.8. The number of carbonyl (C=O) groups excluding carboxylic acids is 2. The molecule has 0 bridgehead atoms. The molecule has 3 rings (SSSR count). The van der Waals surface area contributed by atoms with Crippen LogP contribution in [-0.2, 0) is 4.79 Å². The molecule has 0 aliphatic carbocycles. The molecule has 0 radical (unpaired) electrons. The highest BCUT2D eigenvalue weighted by molar-refractivity contribution is 5.95. The number of hydrogen-bond acceptors (Lipinski definition) is 3. The van der Waals surface area contributed by atoms with Crippen LogP contribution in [0.25, 0.3) is 0 Å². The van der Waals surface area contributed by atoms with Crippen LogP contribution in [0.4, 0.5) is 0 Å². The molecule has 1 aromatic carbocycles. The first-order valence-corrected chi connectivity index (χ1v) is 8.93. The lowest BCUT2D eigenvalue weighted by Crippen LogP contribution is -2.42. The molecule has 0 saturated carbocycles. The van der Waals surface area contributed by atoms with Gasteiger partial charge in [-0.3, -0.25) is 9.59 Å². The van der Waals surface area contributed by atoms with E-state index >= 15 is 0 Å². The number of rotatable bonds is 4. The Balaban J connectivity index is 1.50. The maximum atomic E-state index is 12.4. The molecule has 2 N–H and O–H groups in total. The summed E-state index contributed by atoms with van der Waals surface area (Å²) in [6.07, 6.45) is 3.05. The second kappa shape index (κ2) is 7.34. The highest BCUT2D eigenvalue weighted by Crippen LogP contribution is 2.18. The van der Waals surface area contributed by atoms with Gasteiger partial charge in [0.15, 0.2) is 0 Å². The maximum Gasteiger partial charge on any atom is 0.251 e. The Labute approximate surface area is 143 Å². The lowest BCUT2D eigenvalue weighted by atomic mass is 10.0.